The summed E-state index contributed by atoms with van der Waals surface area (Å²) in [7, 11) is 0. The van der Waals surface area contributed by atoms with Crippen molar-refractivity contribution in [3.63, 3.8) is 0 Å². The predicted molar refractivity (Wildman–Crippen MR) is 186 cm³/mol. The van der Waals surface area contributed by atoms with Crippen molar-refractivity contribution in [2.45, 2.75) is 71.5 Å². The summed E-state index contributed by atoms with van der Waals surface area (Å²) in [5.74, 6) is 1.35. The first-order chi connectivity index (χ1) is 23.5. The fraction of sp³-hybridized carbons (Fsp3) is 0.410. The van der Waals surface area contributed by atoms with Crippen LogP contribution in [0.1, 0.15) is 52.6 Å². The molecular weight excluding hydrogens is 622 g/mol. The molecule has 2 fully saturated rings. The van der Waals surface area contributed by atoms with Crippen LogP contribution in [0.3, 0.4) is 0 Å². The number of aryl methyl sites for hydroxylation is 3. The van der Waals surface area contributed by atoms with E-state index in [2.05, 4.69) is 32.9 Å². The summed E-state index contributed by atoms with van der Waals surface area (Å²) in [5.41, 5.74) is 7.61. The molecule has 2 bridgehead atoms. The topological polar surface area (TPSA) is 120 Å². The number of carboxylic acid groups (broad SMARTS) is 2. The first-order valence-corrected chi connectivity index (χ1v) is 17.0. The van der Waals surface area contributed by atoms with E-state index >= 15 is 0 Å². The van der Waals surface area contributed by atoms with Crippen molar-refractivity contribution < 1.29 is 34.1 Å². The Morgan fingerprint density at radius 1 is 0.857 bits per heavy atom. The normalized spacial score (nSPS) is 18.7. The average molecular weight is 668 g/mol. The molecule has 10 nitrogen and oxygen atoms in total. The Morgan fingerprint density at radius 3 is 2.29 bits per heavy atom. The molecule has 2 heterocycles. The Labute approximate surface area is 287 Å². The zero-order valence-electron chi connectivity index (χ0n) is 28.6. The fourth-order valence-electron chi connectivity index (χ4n) is 7.16. The SMILES string of the molecule is Cc1cccc(OCCN(C(=O)C2=C(c3ccc(CCOc4cc(C)cc(C)c4C)cc3)C[C@@H]3CN(C(=O)O)C[C@H]2N3C(=O)O)C2CC2)c1. The van der Waals surface area contributed by atoms with E-state index < -0.39 is 24.3 Å². The van der Waals surface area contributed by atoms with Crippen LogP contribution >= 0.6 is 0 Å². The smallest absolute Gasteiger partial charge is 0.408 e. The Bertz CT molecular complexity index is 1760. The Morgan fingerprint density at radius 2 is 1.61 bits per heavy atom. The lowest BCUT2D eigenvalue weighted by molar-refractivity contribution is -0.129. The molecule has 2 aliphatic heterocycles. The van der Waals surface area contributed by atoms with Gasteiger partial charge in [0.05, 0.1) is 25.2 Å². The Hall–Kier alpha value is -4.99. The van der Waals surface area contributed by atoms with E-state index in [0.717, 1.165) is 57.7 Å². The van der Waals surface area contributed by atoms with Gasteiger partial charge in [-0.3, -0.25) is 9.69 Å². The molecule has 0 unspecified atom stereocenters. The lowest BCUT2D eigenvalue weighted by Crippen LogP contribution is -2.65. The van der Waals surface area contributed by atoms with Crippen LogP contribution in [0, 0.1) is 27.7 Å². The predicted octanol–water partition coefficient (Wildman–Crippen LogP) is 6.48. The van der Waals surface area contributed by atoms with Gasteiger partial charge in [-0.1, -0.05) is 42.5 Å². The highest BCUT2D eigenvalue weighted by Gasteiger charge is 2.49. The summed E-state index contributed by atoms with van der Waals surface area (Å²) in [6, 6.07) is 18.5. The Kier molecular flexibility index (Phi) is 9.85. The monoisotopic (exact) mass is 667 g/mol. The van der Waals surface area contributed by atoms with Crippen molar-refractivity contribution in [1.29, 1.82) is 0 Å². The van der Waals surface area contributed by atoms with Crippen LogP contribution in [0.25, 0.3) is 5.57 Å². The van der Waals surface area contributed by atoms with E-state index in [-0.39, 0.29) is 38.1 Å². The molecule has 1 saturated heterocycles. The minimum Gasteiger partial charge on any atom is -0.493 e. The van der Waals surface area contributed by atoms with Gasteiger partial charge in [-0.25, -0.2) is 9.59 Å². The minimum atomic E-state index is -1.15. The summed E-state index contributed by atoms with van der Waals surface area (Å²) in [6.45, 7) is 9.27. The van der Waals surface area contributed by atoms with Gasteiger partial charge < -0.3 is 29.5 Å². The second-order valence-electron chi connectivity index (χ2n) is 13.5. The third kappa shape index (κ3) is 7.53. The van der Waals surface area contributed by atoms with Gasteiger partial charge in [0.2, 0.25) is 0 Å². The van der Waals surface area contributed by atoms with Gasteiger partial charge in [-0.05, 0) is 104 Å². The number of carbonyl (C=O) groups is 3. The van der Waals surface area contributed by atoms with Crippen LogP contribution in [0.4, 0.5) is 9.59 Å². The largest absolute Gasteiger partial charge is 0.493 e. The zero-order chi connectivity index (χ0) is 34.8. The van der Waals surface area contributed by atoms with E-state index in [4.69, 9.17) is 9.47 Å². The summed E-state index contributed by atoms with van der Waals surface area (Å²) >= 11 is 0. The van der Waals surface area contributed by atoms with Crippen LogP contribution in [0.5, 0.6) is 11.5 Å². The molecule has 0 aromatic heterocycles. The van der Waals surface area contributed by atoms with Crippen molar-refractivity contribution in [1.82, 2.24) is 14.7 Å². The standard InChI is InChI=1S/C39H45N3O7/c1-24-6-5-7-32(19-24)48-17-15-41(30-12-13-30)37(43)36-33(21-31-22-40(38(44)45)23-34(36)42(31)39(46)47)29-10-8-28(9-11-29)14-16-49-35-20-25(2)18-26(3)27(35)4/h5-11,18-20,30-31,34H,12-17,21-23H2,1-4H3,(H,44,45)(H,46,47)/t31-,34-/m1/s1. The Balaban J connectivity index is 1.28. The third-order valence-electron chi connectivity index (χ3n) is 9.93. The van der Waals surface area contributed by atoms with Crippen molar-refractivity contribution in [2.75, 3.05) is 32.8 Å². The molecule has 3 aromatic carbocycles. The van der Waals surface area contributed by atoms with Crippen molar-refractivity contribution in [2.24, 2.45) is 0 Å². The van der Waals surface area contributed by atoms with Gasteiger partial charge in [-0.15, -0.1) is 0 Å². The number of piperazine rings is 1. The molecular formula is C39H45N3O7. The molecule has 258 valence electrons. The second-order valence-corrected chi connectivity index (χ2v) is 13.5. The highest BCUT2D eigenvalue weighted by Crippen LogP contribution is 2.41. The number of rotatable bonds is 11. The highest BCUT2D eigenvalue weighted by atomic mass is 16.5. The zero-order valence-corrected chi connectivity index (χ0v) is 28.6. The van der Waals surface area contributed by atoms with Gasteiger partial charge in [0.1, 0.15) is 18.1 Å². The van der Waals surface area contributed by atoms with Crippen LogP contribution in [-0.2, 0) is 11.2 Å². The number of amides is 3. The van der Waals surface area contributed by atoms with Crippen LogP contribution in [-0.4, -0.2) is 94.0 Å². The first kappa shape index (κ1) is 33.9. The maximum absolute atomic E-state index is 14.6. The van der Waals surface area contributed by atoms with Crippen LogP contribution < -0.4 is 9.47 Å². The molecule has 49 heavy (non-hydrogen) atoms. The molecule has 6 rings (SSSR count). The average Bonchev–Trinajstić information content (AvgIpc) is 3.90. The number of benzene rings is 3. The molecule has 0 spiro atoms. The van der Waals surface area contributed by atoms with Gasteiger partial charge in [-0.2, -0.15) is 0 Å². The first-order valence-electron chi connectivity index (χ1n) is 17.0. The minimum absolute atomic E-state index is 0.0285. The molecule has 1 saturated carbocycles. The van der Waals surface area contributed by atoms with E-state index in [0.29, 0.717) is 25.1 Å². The van der Waals surface area contributed by atoms with E-state index in [1.165, 1.54) is 15.4 Å². The molecule has 2 atom stereocenters. The molecule has 3 aliphatic rings. The number of fused-ring (bicyclic) bond motifs is 2. The highest BCUT2D eigenvalue weighted by molar-refractivity contribution is 6.04. The van der Waals surface area contributed by atoms with E-state index in [1.807, 2.05) is 55.5 Å². The van der Waals surface area contributed by atoms with E-state index in [9.17, 15) is 24.6 Å². The fourth-order valence-corrected chi connectivity index (χ4v) is 7.16. The van der Waals surface area contributed by atoms with Crippen LogP contribution in [0.15, 0.2) is 66.2 Å². The van der Waals surface area contributed by atoms with Crippen molar-refractivity contribution in [3.8, 4) is 11.5 Å². The summed E-state index contributed by atoms with van der Waals surface area (Å²) < 4.78 is 12.2. The summed E-state index contributed by atoms with van der Waals surface area (Å²) in [5, 5.41) is 20.2. The second kappa shape index (κ2) is 14.2. The third-order valence-corrected chi connectivity index (χ3v) is 9.93. The number of nitrogens with zero attached hydrogens (tertiary/aromatic N) is 3. The van der Waals surface area contributed by atoms with Crippen molar-refractivity contribution >= 4 is 23.7 Å². The lowest BCUT2D eigenvalue weighted by atomic mass is 9.81. The summed E-state index contributed by atoms with van der Waals surface area (Å²) in [6.07, 6.45) is 0.367. The molecule has 2 N–H and O–H groups in total. The lowest BCUT2D eigenvalue weighted by Gasteiger charge is -2.49. The van der Waals surface area contributed by atoms with Gasteiger partial charge in [0.25, 0.3) is 5.91 Å². The number of ether oxygens (including phenoxy) is 2. The molecule has 3 aromatic rings. The van der Waals surface area contributed by atoms with Gasteiger partial charge in [0, 0.05) is 31.1 Å². The number of hydrogen-bond donors (Lipinski definition) is 2. The van der Waals surface area contributed by atoms with Crippen LogP contribution in [0.2, 0.25) is 0 Å². The van der Waals surface area contributed by atoms with Gasteiger partial charge >= 0.3 is 12.2 Å². The van der Waals surface area contributed by atoms with Crippen molar-refractivity contribution in [3.05, 3.63) is 99.6 Å². The quantitative estimate of drug-likeness (QED) is 0.240. The number of carbonyl (C=O) groups excluding carboxylic acids is 1. The molecule has 1 aliphatic carbocycles. The van der Waals surface area contributed by atoms with E-state index in [1.54, 1.807) is 4.90 Å². The number of hydrogen-bond acceptors (Lipinski definition) is 5. The molecule has 3 amide bonds. The summed E-state index contributed by atoms with van der Waals surface area (Å²) in [4.78, 5) is 43.7. The molecule has 0 radical (unpaired) electrons. The van der Waals surface area contributed by atoms with Gasteiger partial charge in [0.15, 0.2) is 0 Å². The maximum Gasteiger partial charge on any atom is 0.408 e. The molecule has 10 heteroatoms. The maximum atomic E-state index is 14.6.